The number of nitrogens with zero attached hydrogens (tertiary/aromatic N) is 1. The average Bonchev–Trinajstić information content (AvgIpc) is 3.84. The highest BCUT2D eigenvalue weighted by Crippen LogP contribution is 2.44. The van der Waals surface area contributed by atoms with Gasteiger partial charge in [-0.05, 0) is 87.8 Å². The Labute approximate surface area is 322 Å². The predicted molar refractivity (Wildman–Crippen MR) is 235 cm³/mol. The van der Waals surface area contributed by atoms with E-state index in [0.29, 0.717) is 0 Å². The lowest BCUT2D eigenvalue weighted by atomic mass is 9.95. The lowest BCUT2D eigenvalue weighted by Crippen LogP contribution is -2.09. The standard InChI is InChI=1S/C52H33NOS/c1-3-13-34(14-4-1)46-33-47-44-22-11-21-41(51(44)54-52(47)43-18-8-7-17-42(43)46)36-27-31-39(32-28-36)53(37-15-5-2-6-16-37)38-29-25-35(26-30-38)40-20-12-24-49-50(40)45-19-9-10-23-48(45)55-49/h1-33H. The van der Waals surface area contributed by atoms with E-state index in [-0.39, 0.29) is 0 Å². The molecule has 0 radical (unpaired) electrons. The van der Waals surface area contributed by atoms with E-state index in [1.165, 1.54) is 47.8 Å². The molecule has 2 heterocycles. The summed E-state index contributed by atoms with van der Waals surface area (Å²) in [4.78, 5) is 2.33. The normalized spacial score (nSPS) is 11.6. The van der Waals surface area contributed by atoms with E-state index in [1.54, 1.807) is 0 Å². The number of thiophene rings is 1. The van der Waals surface area contributed by atoms with E-state index in [0.717, 1.165) is 55.5 Å². The van der Waals surface area contributed by atoms with Crippen LogP contribution in [-0.2, 0) is 0 Å². The van der Waals surface area contributed by atoms with Crippen LogP contribution in [0.2, 0.25) is 0 Å². The summed E-state index contributed by atoms with van der Waals surface area (Å²) in [6, 6.07) is 71.9. The van der Waals surface area contributed by atoms with Crippen LogP contribution in [0.5, 0.6) is 0 Å². The maximum absolute atomic E-state index is 6.84. The Kier molecular flexibility index (Phi) is 7.39. The molecule has 258 valence electrons. The third-order valence-electron chi connectivity index (χ3n) is 10.9. The Morgan fingerprint density at radius 3 is 1.58 bits per heavy atom. The van der Waals surface area contributed by atoms with E-state index in [4.69, 9.17) is 4.42 Å². The molecule has 0 atom stereocenters. The molecule has 0 bridgehead atoms. The van der Waals surface area contributed by atoms with Crippen molar-refractivity contribution in [3.05, 3.63) is 200 Å². The summed E-state index contributed by atoms with van der Waals surface area (Å²) in [5.41, 5.74) is 12.2. The number of para-hydroxylation sites is 2. The summed E-state index contributed by atoms with van der Waals surface area (Å²) in [6.07, 6.45) is 0. The first-order valence-electron chi connectivity index (χ1n) is 18.7. The number of benzene rings is 9. The highest BCUT2D eigenvalue weighted by Gasteiger charge is 2.19. The zero-order valence-corrected chi connectivity index (χ0v) is 30.6. The zero-order valence-electron chi connectivity index (χ0n) is 29.8. The molecule has 0 aliphatic heterocycles. The molecule has 0 spiro atoms. The van der Waals surface area contributed by atoms with Gasteiger partial charge in [0.05, 0.1) is 0 Å². The molecule has 0 fully saturated rings. The van der Waals surface area contributed by atoms with Gasteiger partial charge in [-0.15, -0.1) is 11.3 Å². The first-order chi connectivity index (χ1) is 27.3. The molecular weight excluding hydrogens is 687 g/mol. The van der Waals surface area contributed by atoms with Crippen molar-refractivity contribution in [2.75, 3.05) is 4.90 Å². The minimum Gasteiger partial charge on any atom is -0.455 e. The van der Waals surface area contributed by atoms with Gasteiger partial charge in [0, 0.05) is 59.0 Å². The topological polar surface area (TPSA) is 16.4 Å². The van der Waals surface area contributed by atoms with Gasteiger partial charge in [0.15, 0.2) is 0 Å². The van der Waals surface area contributed by atoms with Crippen molar-refractivity contribution in [1.82, 2.24) is 0 Å². The fourth-order valence-corrected chi connectivity index (χ4v) is 9.46. The lowest BCUT2D eigenvalue weighted by molar-refractivity contribution is 0.674. The van der Waals surface area contributed by atoms with Crippen LogP contribution in [0.15, 0.2) is 205 Å². The molecule has 55 heavy (non-hydrogen) atoms. The van der Waals surface area contributed by atoms with E-state index >= 15 is 0 Å². The van der Waals surface area contributed by atoms with Crippen molar-refractivity contribution in [2.24, 2.45) is 0 Å². The van der Waals surface area contributed by atoms with Gasteiger partial charge in [-0.3, -0.25) is 0 Å². The van der Waals surface area contributed by atoms with Gasteiger partial charge in [0.25, 0.3) is 0 Å². The third-order valence-corrected chi connectivity index (χ3v) is 12.0. The van der Waals surface area contributed by atoms with Crippen LogP contribution in [-0.4, -0.2) is 0 Å². The Morgan fingerprint density at radius 1 is 0.327 bits per heavy atom. The van der Waals surface area contributed by atoms with E-state index in [1.807, 2.05) is 11.3 Å². The van der Waals surface area contributed by atoms with Crippen molar-refractivity contribution in [2.45, 2.75) is 0 Å². The summed E-state index contributed by atoms with van der Waals surface area (Å²) in [7, 11) is 0. The maximum atomic E-state index is 6.84. The van der Waals surface area contributed by atoms with Crippen molar-refractivity contribution >= 4 is 81.3 Å². The monoisotopic (exact) mass is 719 g/mol. The van der Waals surface area contributed by atoms with E-state index < -0.39 is 0 Å². The average molecular weight is 720 g/mol. The van der Waals surface area contributed by atoms with Gasteiger partial charge in [-0.1, -0.05) is 146 Å². The number of hydrogen-bond acceptors (Lipinski definition) is 3. The highest BCUT2D eigenvalue weighted by atomic mass is 32.1. The number of fused-ring (bicyclic) bond motifs is 8. The Balaban J connectivity index is 0.995. The molecule has 0 saturated carbocycles. The van der Waals surface area contributed by atoms with Crippen molar-refractivity contribution in [3.8, 4) is 33.4 Å². The molecule has 0 aliphatic rings. The number of rotatable bonds is 6. The number of furan rings is 1. The van der Waals surface area contributed by atoms with E-state index in [9.17, 15) is 0 Å². The molecule has 9 aromatic carbocycles. The van der Waals surface area contributed by atoms with Gasteiger partial charge in [0.2, 0.25) is 0 Å². The number of anilines is 3. The third kappa shape index (κ3) is 5.24. The summed E-state index contributed by atoms with van der Waals surface area (Å²) in [6.45, 7) is 0. The minimum atomic E-state index is 0.907. The van der Waals surface area contributed by atoms with Gasteiger partial charge >= 0.3 is 0 Å². The summed E-state index contributed by atoms with van der Waals surface area (Å²) < 4.78 is 9.48. The second kappa shape index (κ2) is 12.9. The molecule has 11 rings (SSSR count). The minimum absolute atomic E-state index is 0.907. The van der Waals surface area contributed by atoms with Crippen LogP contribution in [0.25, 0.3) is 86.3 Å². The molecule has 3 heteroatoms. The van der Waals surface area contributed by atoms with Gasteiger partial charge < -0.3 is 9.32 Å². The highest BCUT2D eigenvalue weighted by molar-refractivity contribution is 7.25. The molecule has 0 aliphatic carbocycles. The number of hydrogen-bond donors (Lipinski definition) is 0. The van der Waals surface area contributed by atoms with Crippen LogP contribution in [0, 0.1) is 0 Å². The largest absolute Gasteiger partial charge is 0.455 e. The van der Waals surface area contributed by atoms with Gasteiger partial charge in [-0.2, -0.15) is 0 Å². The molecule has 0 amide bonds. The van der Waals surface area contributed by atoms with Crippen LogP contribution in [0.1, 0.15) is 0 Å². The Hall–Kier alpha value is -6.94. The van der Waals surface area contributed by atoms with Crippen molar-refractivity contribution < 1.29 is 4.42 Å². The fraction of sp³-hybridized carbons (Fsp3) is 0. The van der Waals surface area contributed by atoms with Crippen LogP contribution < -0.4 is 4.90 Å². The maximum Gasteiger partial charge on any atom is 0.143 e. The Morgan fingerprint density at radius 2 is 0.836 bits per heavy atom. The Bertz CT molecular complexity index is 3180. The molecule has 0 N–H and O–H groups in total. The molecule has 2 aromatic heterocycles. The lowest BCUT2D eigenvalue weighted by Gasteiger charge is -2.26. The SMILES string of the molecule is c1ccc(-c2cc3c4cccc(-c5ccc(N(c6ccccc6)c6ccc(-c7cccc8sc9ccccc9c78)cc6)cc5)c4oc3c3ccccc23)cc1. The van der Waals surface area contributed by atoms with Gasteiger partial charge in [0.1, 0.15) is 11.2 Å². The smallest absolute Gasteiger partial charge is 0.143 e. The summed E-state index contributed by atoms with van der Waals surface area (Å²) in [5.74, 6) is 0. The van der Waals surface area contributed by atoms with Gasteiger partial charge in [-0.25, -0.2) is 0 Å². The van der Waals surface area contributed by atoms with E-state index in [2.05, 4.69) is 205 Å². The quantitative estimate of drug-likeness (QED) is 0.170. The van der Waals surface area contributed by atoms with Crippen molar-refractivity contribution in [3.63, 3.8) is 0 Å². The molecule has 0 unspecified atom stereocenters. The van der Waals surface area contributed by atoms with Crippen molar-refractivity contribution in [1.29, 1.82) is 0 Å². The first kappa shape index (κ1) is 31.6. The zero-order chi connectivity index (χ0) is 36.3. The van der Waals surface area contributed by atoms with Crippen LogP contribution in [0.4, 0.5) is 17.1 Å². The second-order valence-corrected chi connectivity index (χ2v) is 15.1. The molecular formula is C52H33NOS. The molecule has 11 aromatic rings. The summed E-state index contributed by atoms with van der Waals surface area (Å²) >= 11 is 1.86. The van der Waals surface area contributed by atoms with Crippen LogP contribution in [0.3, 0.4) is 0 Å². The summed E-state index contributed by atoms with van der Waals surface area (Å²) in [5, 5.41) is 7.22. The van der Waals surface area contributed by atoms with Crippen LogP contribution >= 0.6 is 11.3 Å². The predicted octanol–water partition coefficient (Wildman–Crippen LogP) is 15.6. The second-order valence-electron chi connectivity index (χ2n) is 14.0. The molecule has 2 nitrogen and oxygen atoms in total. The first-order valence-corrected chi connectivity index (χ1v) is 19.5. The fourth-order valence-electron chi connectivity index (χ4n) is 8.32. The molecule has 0 saturated heterocycles.